The first kappa shape index (κ1) is 66.9. The highest BCUT2D eigenvalue weighted by atomic mass is 15.0. The van der Waals surface area contributed by atoms with Crippen LogP contribution in [-0.4, -0.2) is 57.5 Å². The Labute approximate surface area is 709 Å². The summed E-state index contributed by atoms with van der Waals surface area (Å²) < 4.78 is 8.75. The number of hydrogen-bond acceptors (Lipinski definition) is 8. The summed E-state index contributed by atoms with van der Waals surface area (Å²) in [5, 5.41) is 15.1. The molecule has 124 heavy (non-hydrogen) atoms. The van der Waals surface area contributed by atoms with E-state index >= 15 is 0 Å². The van der Waals surface area contributed by atoms with Crippen LogP contribution in [0.25, 0.3) is 198 Å². The Bertz CT molecular complexity index is 9030. The average Bonchev–Trinajstić information content (AvgIpc) is 1.52. The van der Waals surface area contributed by atoms with E-state index in [1.807, 2.05) is 86.8 Å². The van der Waals surface area contributed by atoms with Crippen molar-refractivity contribution in [2.75, 3.05) is 0 Å². The predicted octanol–water partition coefficient (Wildman–Crippen LogP) is 24.7. The number of pyridine rings is 8. The zero-order valence-corrected chi connectivity index (χ0v) is 67.0. The second-order valence-corrected chi connectivity index (χ2v) is 34.7. The Morgan fingerprint density at radius 3 is 0.992 bits per heavy atom. The van der Waals surface area contributed by atoms with Gasteiger partial charge in [-0.05, 0) is 281 Å². The van der Waals surface area contributed by atoms with Gasteiger partial charge in [0.1, 0.15) is 22.6 Å². The Morgan fingerprint density at radius 1 is 0.185 bits per heavy atom. The third-order valence-electron chi connectivity index (χ3n) is 28.9. The topological polar surface area (TPSA) is 121 Å². The largest absolute Gasteiger partial charge is 0.298 e. The van der Waals surface area contributed by atoms with Crippen molar-refractivity contribution in [3.05, 3.63) is 407 Å². The van der Waals surface area contributed by atoms with Gasteiger partial charge < -0.3 is 0 Å². The minimum Gasteiger partial charge on any atom is -0.298 e. The molecule has 8 aliphatic carbocycles. The van der Waals surface area contributed by atoms with Gasteiger partial charge in [0, 0.05) is 117 Å². The van der Waals surface area contributed by atoms with Gasteiger partial charge in [0.05, 0.1) is 46.9 Å². The Hall–Kier alpha value is -15.9. The van der Waals surface area contributed by atoms with Crippen molar-refractivity contribution in [1.82, 2.24) is 57.5 Å². The van der Waals surface area contributed by atoms with E-state index in [0.29, 0.717) is 0 Å². The molecule has 0 radical (unpaired) electrons. The van der Waals surface area contributed by atoms with Crippen LogP contribution in [0.2, 0.25) is 0 Å². The molecule has 0 N–H and O–H groups in total. The van der Waals surface area contributed by atoms with Crippen LogP contribution >= 0.6 is 0 Å². The third kappa shape index (κ3) is 9.08. The monoisotopic (exact) mass is 1580 g/mol. The van der Waals surface area contributed by atoms with Crippen LogP contribution in [0.3, 0.4) is 0 Å². The van der Waals surface area contributed by atoms with Gasteiger partial charge in [-0.2, -0.15) is 0 Å². The summed E-state index contributed by atoms with van der Waals surface area (Å²) in [7, 11) is 0. The first-order valence-electron chi connectivity index (χ1n) is 43.0. The summed E-state index contributed by atoms with van der Waals surface area (Å²) in [6.07, 6.45) is 39.1. The summed E-state index contributed by atoms with van der Waals surface area (Å²) >= 11 is 0. The molecule has 0 spiro atoms. The maximum atomic E-state index is 4.78. The molecule has 0 amide bonds. The molecule has 0 bridgehead atoms. The summed E-state index contributed by atoms with van der Waals surface area (Å²) in [4.78, 5) is 36.6. The van der Waals surface area contributed by atoms with Crippen LogP contribution in [0.1, 0.15) is 89.0 Å². The zero-order valence-electron chi connectivity index (χ0n) is 67.0. The van der Waals surface area contributed by atoms with Crippen LogP contribution in [0.4, 0.5) is 0 Å². The quantitative estimate of drug-likeness (QED) is 0.138. The van der Waals surface area contributed by atoms with Gasteiger partial charge in [0.15, 0.2) is 0 Å². The van der Waals surface area contributed by atoms with Crippen LogP contribution in [0, 0.1) is 0 Å². The van der Waals surface area contributed by atoms with E-state index in [-0.39, 0.29) is 0 Å². The number of hydrogen-bond donors (Lipinski definition) is 0. The average molecular weight is 1580 g/mol. The summed E-state index contributed by atoms with van der Waals surface area (Å²) in [6.45, 7) is 0. The molecule has 12 heterocycles. The molecule has 0 saturated heterocycles. The van der Waals surface area contributed by atoms with Crippen molar-refractivity contribution in [3.8, 4) is 89.0 Å². The van der Waals surface area contributed by atoms with E-state index in [0.717, 1.165) is 96.0 Å². The van der Waals surface area contributed by atoms with Gasteiger partial charge in [-0.15, -0.1) is 0 Å². The van der Waals surface area contributed by atoms with Gasteiger partial charge in [-0.3, -0.25) is 37.5 Å². The van der Waals surface area contributed by atoms with E-state index in [9.17, 15) is 0 Å². The lowest BCUT2D eigenvalue weighted by Gasteiger charge is -2.13. The van der Waals surface area contributed by atoms with Crippen molar-refractivity contribution in [2.24, 2.45) is 0 Å². The van der Waals surface area contributed by atoms with Crippen molar-refractivity contribution >= 4 is 109 Å². The van der Waals surface area contributed by atoms with E-state index < -0.39 is 0 Å². The molecule has 0 unspecified atom stereocenters. The molecule has 576 valence electrons. The number of aromatic nitrogens is 12. The maximum absolute atomic E-state index is 4.78. The SMILES string of the molecule is c1ccc2c(c1)Cc1c-2ccc2c1-c1ccc3c4ccncc4n4ccnc4c3c1C2.c1ccc2c(c1)Cc1c-2ccc2c1Cc1c-2ccc2c3ccncc3n3ccnc3c12.c1ccc2c(c1)Cc1cc3c(cc1-2)-c1ccc2c4ccncc4n4ccnc4c2c1C3.c1ccc2c(c1)Cc1ccc3c(c1-2)-c1ccc2c4ccncc4n4ccnc4c2c1C3. The minimum atomic E-state index is 0.955. The second kappa shape index (κ2) is 24.9. The first-order valence-corrected chi connectivity index (χ1v) is 43.0. The minimum absolute atomic E-state index is 0.955. The van der Waals surface area contributed by atoms with Crippen molar-refractivity contribution in [3.63, 3.8) is 0 Å². The smallest absolute Gasteiger partial charge is 0.145 e. The molecule has 0 aliphatic heterocycles. The van der Waals surface area contributed by atoms with Crippen molar-refractivity contribution < 1.29 is 0 Å². The molecule has 24 aromatic rings. The molecule has 0 atom stereocenters. The van der Waals surface area contributed by atoms with Gasteiger partial charge in [-0.1, -0.05) is 188 Å². The van der Waals surface area contributed by atoms with E-state index in [1.165, 1.54) is 243 Å². The number of fused-ring (bicyclic) bond motifs is 55. The zero-order chi connectivity index (χ0) is 80.4. The molecule has 0 fully saturated rings. The fraction of sp³-hybridized carbons (Fsp3) is 0.0714. The number of imidazole rings is 4. The Kier molecular flexibility index (Phi) is 13.4. The predicted molar refractivity (Wildman–Crippen MR) is 498 cm³/mol. The number of nitrogens with zero attached hydrogens (tertiary/aromatic N) is 12. The molecule has 12 aromatic heterocycles. The molecular weight excluding hydrogens is 1510 g/mol. The van der Waals surface area contributed by atoms with Crippen LogP contribution < -0.4 is 0 Å². The van der Waals surface area contributed by atoms with Crippen LogP contribution in [0.15, 0.2) is 318 Å². The summed E-state index contributed by atoms with van der Waals surface area (Å²) in [5.41, 5.74) is 54.0. The number of rotatable bonds is 0. The normalized spacial score (nSPS) is 13.5. The highest BCUT2D eigenvalue weighted by molar-refractivity contribution is 6.20. The van der Waals surface area contributed by atoms with Crippen LogP contribution in [0.5, 0.6) is 0 Å². The summed E-state index contributed by atoms with van der Waals surface area (Å²) in [5.74, 6) is 0. The van der Waals surface area contributed by atoms with Crippen LogP contribution in [-0.2, 0) is 51.4 Å². The molecular formula is C112H68N12. The lowest BCUT2D eigenvalue weighted by atomic mass is 9.92. The van der Waals surface area contributed by atoms with Crippen molar-refractivity contribution in [2.45, 2.75) is 51.4 Å². The highest BCUT2D eigenvalue weighted by Gasteiger charge is 2.36. The van der Waals surface area contributed by atoms with Gasteiger partial charge in [0.25, 0.3) is 0 Å². The van der Waals surface area contributed by atoms with Crippen molar-refractivity contribution in [1.29, 1.82) is 0 Å². The van der Waals surface area contributed by atoms with E-state index in [4.69, 9.17) is 19.9 Å². The Morgan fingerprint density at radius 2 is 0.484 bits per heavy atom. The van der Waals surface area contributed by atoms with E-state index in [1.54, 1.807) is 0 Å². The maximum Gasteiger partial charge on any atom is 0.145 e. The molecule has 12 nitrogen and oxygen atoms in total. The molecule has 12 heteroatoms. The number of benzene rings is 12. The molecule has 8 aliphatic rings. The van der Waals surface area contributed by atoms with Gasteiger partial charge in [0.2, 0.25) is 0 Å². The lowest BCUT2D eigenvalue weighted by Crippen LogP contribution is -1.95. The standard InChI is InChI=1S/4C28H17N3/c1-2-4-19-16(3-1)11-17-12-18-13-25-20(24(18)14-23(17)19)5-6-22-21-7-8-29-15-26(21)31-10-9-30-28(31)27(22)25;1-2-4-18-16(3-1)13-23-19(18)6-5-17-14-24-22(26(17)23)8-7-21-20-9-10-29-15-25(20)31-12-11-30-28(31)27(21)24;1-2-4-19-16(3-1)13-17-5-6-18-14-23-22(26(18)25(17)19)8-7-21-20-9-10-29-15-24(20)31-12-11-30-28(31)27(21)23;1-2-4-17-16(3-1)13-23-18(17)5-6-19-20-7-8-22-21-9-10-29-15-26(21)31-12-11-30-28(31)27(22)25(20)14-24(19)23/h1-10,12,14-15H,11,13H2;3*1-12,15H,13-14H2. The van der Waals surface area contributed by atoms with Gasteiger partial charge >= 0.3 is 0 Å². The molecule has 0 saturated carbocycles. The molecule has 12 aromatic carbocycles. The third-order valence-corrected chi connectivity index (χ3v) is 28.9. The lowest BCUT2D eigenvalue weighted by molar-refractivity contribution is 1.17. The Balaban J connectivity index is 0.0000000828. The van der Waals surface area contributed by atoms with Gasteiger partial charge in [-0.25, -0.2) is 19.9 Å². The first-order chi connectivity index (χ1) is 61.5. The summed E-state index contributed by atoms with van der Waals surface area (Å²) in [6, 6.07) is 81.2. The van der Waals surface area contributed by atoms with E-state index in [2.05, 4.69) is 268 Å². The second-order valence-electron chi connectivity index (χ2n) is 34.7. The molecule has 32 rings (SSSR count). The highest BCUT2D eigenvalue weighted by Crippen LogP contribution is 2.56. The fourth-order valence-corrected chi connectivity index (χ4v) is 23.7. The fourth-order valence-electron chi connectivity index (χ4n) is 23.7.